The van der Waals surface area contributed by atoms with Gasteiger partial charge in [0.25, 0.3) is 0 Å². The van der Waals surface area contributed by atoms with Crippen LogP contribution in [0.4, 0.5) is 4.39 Å². The Morgan fingerprint density at radius 2 is 2.24 bits per heavy atom. The molecular weight excluding hydrogens is 293 g/mol. The number of halogens is 1. The van der Waals surface area contributed by atoms with Gasteiger partial charge in [-0.25, -0.2) is 12.8 Å². The molecule has 4 nitrogen and oxygen atoms in total. The van der Waals surface area contributed by atoms with Crippen molar-refractivity contribution >= 4 is 9.84 Å². The van der Waals surface area contributed by atoms with Crippen LogP contribution in [-0.4, -0.2) is 49.6 Å². The van der Waals surface area contributed by atoms with Gasteiger partial charge in [0.2, 0.25) is 0 Å². The summed E-state index contributed by atoms with van der Waals surface area (Å²) in [4.78, 5) is 1.97. The third-order valence-corrected chi connectivity index (χ3v) is 5.35. The van der Waals surface area contributed by atoms with E-state index >= 15 is 0 Å². The zero-order valence-electron chi connectivity index (χ0n) is 11.8. The highest BCUT2D eigenvalue weighted by Gasteiger charge is 2.30. The molecular formula is C15H18FNO3S. The van der Waals surface area contributed by atoms with Crippen molar-refractivity contribution in [2.75, 3.05) is 25.2 Å². The first kappa shape index (κ1) is 16.0. The van der Waals surface area contributed by atoms with Crippen LogP contribution in [0.3, 0.4) is 0 Å². The van der Waals surface area contributed by atoms with E-state index in [1.807, 2.05) is 11.9 Å². The molecule has 0 aliphatic carbocycles. The molecule has 6 heteroatoms. The zero-order chi connectivity index (χ0) is 15.5. The summed E-state index contributed by atoms with van der Waals surface area (Å²) in [5, 5.41) is 8.66. The molecule has 0 aromatic heterocycles. The molecule has 0 bridgehead atoms. The molecule has 1 aromatic carbocycles. The summed E-state index contributed by atoms with van der Waals surface area (Å²) < 4.78 is 36.5. The monoisotopic (exact) mass is 311 g/mol. The van der Waals surface area contributed by atoms with Crippen molar-refractivity contribution in [3.05, 3.63) is 35.1 Å². The largest absolute Gasteiger partial charge is 0.384 e. The maximum Gasteiger partial charge on any atom is 0.151 e. The van der Waals surface area contributed by atoms with Gasteiger partial charge in [0.15, 0.2) is 9.84 Å². The first-order chi connectivity index (χ1) is 9.91. The van der Waals surface area contributed by atoms with Crippen molar-refractivity contribution in [2.45, 2.75) is 19.0 Å². The van der Waals surface area contributed by atoms with Crippen molar-refractivity contribution in [1.29, 1.82) is 0 Å². The molecule has 1 N–H and O–H groups in total. The first-order valence-electron chi connectivity index (χ1n) is 6.70. The van der Waals surface area contributed by atoms with Gasteiger partial charge in [0.1, 0.15) is 12.4 Å². The second-order valence-electron chi connectivity index (χ2n) is 5.25. The van der Waals surface area contributed by atoms with Gasteiger partial charge in [-0.05, 0) is 31.2 Å². The third kappa shape index (κ3) is 4.27. The number of hydrogen-bond acceptors (Lipinski definition) is 4. The van der Waals surface area contributed by atoms with E-state index in [-0.39, 0.29) is 29.7 Å². The van der Waals surface area contributed by atoms with Gasteiger partial charge < -0.3 is 5.11 Å². The summed E-state index contributed by atoms with van der Waals surface area (Å²) in [5.74, 6) is 4.99. The Hall–Kier alpha value is -1.42. The van der Waals surface area contributed by atoms with E-state index in [9.17, 15) is 12.8 Å². The van der Waals surface area contributed by atoms with Crippen LogP contribution in [0.5, 0.6) is 0 Å². The summed E-state index contributed by atoms with van der Waals surface area (Å²) in [6.45, 7) is 0.220. The van der Waals surface area contributed by atoms with Gasteiger partial charge >= 0.3 is 0 Å². The fourth-order valence-corrected chi connectivity index (χ4v) is 4.25. The van der Waals surface area contributed by atoms with Crippen LogP contribution < -0.4 is 0 Å². The van der Waals surface area contributed by atoms with Crippen LogP contribution in [0.2, 0.25) is 0 Å². The predicted molar refractivity (Wildman–Crippen MR) is 78.9 cm³/mol. The van der Waals surface area contributed by atoms with Crippen LogP contribution in [0.15, 0.2) is 18.2 Å². The fourth-order valence-electron chi connectivity index (χ4n) is 2.44. The quantitative estimate of drug-likeness (QED) is 0.839. The highest BCUT2D eigenvalue weighted by Crippen LogP contribution is 2.19. The van der Waals surface area contributed by atoms with Gasteiger partial charge in [0, 0.05) is 12.6 Å². The fraction of sp³-hybridized carbons (Fsp3) is 0.467. The summed E-state index contributed by atoms with van der Waals surface area (Å²) in [6, 6.07) is 4.65. The Balaban J connectivity index is 2.09. The van der Waals surface area contributed by atoms with Gasteiger partial charge in [-0.2, -0.15) is 0 Å². The molecule has 1 aromatic rings. The van der Waals surface area contributed by atoms with Crippen molar-refractivity contribution < 1.29 is 17.9 Å². The van der Waals surface area contributed by atoms with E-state index < -0.39 is 15.7 Å². The molecule has 1 fully saturated rings. The van der Waals surface area contributed by atoms with E-state index in [2.05, 4.69) is 11.8 Å². The minimum absolute atomic E-state index is 0.00651. The lowest BCUT2D eigenvalue weighted by atomic mass is 10.1. The minimum Gasteiger partial charge on any atom is -0.384 e. The number of nitrogens with zero attached hydrogens (tertiary/aromatic N) is 1. The SMILES string of the molecule is CN(Cc1ccc(F)c(C#CCO)c1)C1CCS(=O)(=O)C1. The number of rotatable bonds is 3. The molecule has 114 valence electrons. The van der Waals surface area contributed by atoms with Gasteiger partial charge in [-0.1, -0.05) is 17.9 Å². The maximum absolute atomic E-state index is 13.6. The number of aliphatic hydroxyl groups is 1. The first-order valence-corrected chi connectivity index (χ1v) is 8.52. The van der Waals surface area contributed by atoms with Crippen LogP contribution in [0, 0.1) is 17.7 Å². The number of aliphatic hydroxyl groups excluding tert-OH is 1. The Labute approximate surface area is 124 Å². The molecule has 1 atom stereocenters. The van der Waals surface area contributed by atoms with Crippen molar-refractivity contribution in [3.63, 3.8) is 0 Å². The molecule has 1 aliphatic rings. The van der Waals surface area contributed by atoms with E-state index in [1.54, 1.807) is 12.1 Å². The van der Waals surface area contributed by atoms with Crippen molar-refractivity contribution in [1.82, 2.24) is 4.90 Å². The number of benzene rings is 1. The maximum atomic E-state index is 13.6. The average Bonchev–Trinajstić information content (AvgIpc) is 2.80. The van der Waals surface area contributed by atoms with Gasteiger partial charge in [-0.3, -0.25) is 4.90 Å². The molecule has 1 unspecified atom stereocenters. The van der Waals surface area contributed by atoms with Crippen LogP contribution >= 0.6 is 0 Å². The van der Waals surface area contributed by atoms with Crippen molar-refractivity contribution in [2.24, 2.45) is 0 Å². The van der Waals surface area contributed by atoms with Crippen LogP contribution in [0.1, 0.15) is 17.5 Å². The van der Waals surface area contributed by atoms with Gasteiger partial charge in [-0.15, -0.1) is 0 Å². The molecule has 21 heavy (non-hydrogen) atoms. The summed E-state index contributed by atoms with van der Waals surface area (Å²) in [5.41, 5.74) is 1.11. The Morgan fingerprint density at radius 3 is 2.86 bits per heavy atom. The summed E-state index contributed by atoms with van der Waals surface area (Å²) in [7, 11) is -1.04. The molecule has 0 radical (unpaired) electrons. The van der Waals surface area contributed by atoms with Crippen molar-refractivity contribution in [3.8, 4) is 11.8 Å². The van der Waals surface area contributed by atoms with Crippen LogP contribution in [0.25, 0.3) is 0 Å². The van der Waals surface area contributed by atoms with E-state index in [0.717, 1.165) is 5.56 Å². The predicted octanol–water partition coefficient (Wildman–Crippen LogP) is 0.788. The molecule has 1 heterocycles. The standard InChI is InChI=1S/C15H18FNO3S/c1-17(14-6-8-21(19,20)11-14)10-12-4-5-15(16)13(9-12)3-2-7-18/h4-5,9,14,18H,6-8,10-11H2,1H3. The van der Waals surface area contributed by atoms with Crippen LogP contribution in [-0.2, 0) is 16.4 Å². The third-order valence-electron chi connectivity index (χ3n) is 3.60. The summed E-state index contributed by atoms with van der Waals surface area (Å²) in [6.07, 6.45) is 0.636. The Kier molecular flexibility index (Phi) is 4.99. The lowest BCUT2D eigenvalue weighted by molar-refractivity contribution is 0.254. The summed E-state index contributed by atoms with van der Waals surface area (Å²) >= 11 is 0. The zero-order valence-corrected chi connectivity index (χ0v) is 12.7. The van der Waals surface area contributed by atoms with E-state index in [0.29, 0.717) is 13.0 Å². The highest BCUT2D eigenvalue weighted by atomic mass is 32.2. The second-order valence-corrected chi connectivity index (χ2v) is 7.47. The molecule has 1 aliphatic heterocycles. The minimum atomic E-state index is -2.91. The van der Waals surface area contributed by atoms with E-state index in [1.165, 1.54) is 6.07 Å². The van der Waals surface area contributed by atoms with Gasteiger partial charge in [0.05, 0.1) is 17.1 Å². The smallest absolute Gasteiger partial charge is 0.151 e. The molecule has 0 spiro atoms. The molecule has 1 saturated heterocycles. The average molecular weight is 311 g/mol. The highest BCUT2D eigenvalue weighted by molar-refractivity contribution is 7.91. The lowest BCUT2D eigenvalue weighted by Gasteiger charge is -2.23. The topological polar surface area (TPSA) is 57.6 Å². The number of hydrogen-bond donors (Lipinski definition) is 1. The molecule has 0 saturated carbocycles. The second kappa shape index (κ2) is 6.56. The normalized spacial score (nSPS) is 20.3. The Morgan fingerprint density at radius 1 is 1.48 bits per heavy atom. The molecule has 0 amide bonds. The van der Waals surface area contributed by atoms with E-state index in [4.69, 9.17) is 5.11 Å². The number of sulfone groups is 1. The lowest BCUT2D eigenvalue weighted by Crippen LogP contribution is -2.32. The molecule has 2 rings (SSSR count). The Bertz CT molecular complexity index is 676.